The fraction of sp³-hybridized carbons (Fsp3) is 0.474. The number of hydrogen-bond donors (Lipinski definition) is 1. The summed E-state index contributed by atoms with van der Waals surface area (Å²) in [4.78, 5) is 20.1. The van der Waals surface area contributed by atoms with Crippen LogP contribution in [0.15, 0.2) is 24.3 Å². The van der Waals surface area contributed by atoms with E-state index in [9.17, 15) is 9.18 Å². The number of thiazole rings is 1. The predicted octanol–water partition coefficient (Wildman–Crippen LogP) is 3.20. The number of benzene rings is 1. The molecular weight excluding hydrogens is 337 g/mol. The van der Waals surface area contributed by atoms with Crippen LogP contribution in [-0.2, 0) is 12.8 Å². The third-order valence-corrected chi connectivity index (χ3v) is 5.72. The Morgan fingerprint density at radius 2 is 1.96 bits per heavy atom. The van der Waals surface area contributed by atoms with E-state index in [4.69, 9.17) is 0 Å². The van der Waals surface area contributed by atoms with Crippen LogP contribution in [0.4, 0.5) is 4.39 Å². The van der Waals surface area contributed by atoms with Gasteiger partial charge in [-0.2, -0.15) is 0 Å². The number of aryl methyl sites for hydroxylation is 1. The summed E-state index contributed by atoms with van der Waals surface area (Å²) in [5, 5.41) is 3.98. The first-order valence-corrected chi connectivity index (χ1v) is 9.65. The predicted molar refractivity (Wildman–Crippen MR) is 98.7 cm³/mol. The van der Waals surface area contributed by atoms with Crippen molar-refractivity contribution in [3.05, 3.63) is 51.2 Å². The molecule has 1 aromatic carbocycles. The number of aromatic nitrogens is 1. The van der Waals surface area contributed by atoms with Crippen LogP contribution >= 0.6 is 11.3 Å². The van der Waals surface area contributed by atoms with E-state index >= 15 is 0 Å². The van der Waals surface area contributed by atoms with Crippen molar-refractivity contribution in [1.82, 2.24) is 15.2 Å². The average Bonchev–Trinajstić information content (AvgIpc) is 3.24. The van der Waals surface area contributed by atoms with Crippen LogP contribution < -0.4 is 5.32 Å². The molecule has 2 heterocycles. The first-order chi connectivity index (χ1) is 12.1. The summed E-state index contributed by atoms with van der Waals surface area (Å²) < 4.78 is 12.9. The third kappa shape index (κ3) is 5.09. The standard InChI is InChI=1S/C19H24FN3OS/c1-14-18(25-17(22-14)9-13-23-11-2-3-12-23)19(24)21-10-8-15-4-6-16(20)7-5-15/h4-7H,2-3,8-13H2,1H3,(H,21,24). The van der Waals surface area contributed by atoms with Gasteiger partial charge in [0.1, 0.15) is 10.7 Å². The average molecular weight is 361 g/mol. The molecule has 3 rings (SSSR count). The number of halogens is 1. The fourth-order valence-electron chi connectivity index (χ4n) is 3.08. The molecule has 0 bridgehead atoms. The van der Waals surface area contributed by atoms with Crippen LogP contribution in [0, 0.1) is 12.7 Å². The van der Waals surface area contributed by atoms with E-state index in [1.807, 2.05) is 6.92 Å². The Kier molecular flexibility index (Phi) is 6.15. The van der Waals surface area contributed by atoms with Crippen molar-refractivity contribution in [3.8, 4) is 0 Å². The van der Waals surface area contributed by atoms with E-state index in [-0.39, 0.29) is 11.7 Å². The van der Waals surface area contributed by atoms with E-state index < -0.39 is 0 Å². The van der Waals surface area contributed by atoms with E-state index in [1.54, 1.807) is 12.1 Å². The van der Waals surface area contributed by atoms with Crippen LogP contribution in [0.2, 0.25) is 0 Å². The van der Waals surface area contributed by atoms with Crippen molar-refractivity contribution in [3.63, 3.8) is 0 Å². The first-order valence-electron chi connectivity index (χ1n) is 8.83. The first kappa shape index (κ1) is 18.0. The summed E-state index contributed by atoms with van der Waals surface area (Å²) in [6, 6.07) is 6.38. The zero-order valence-corrected chi connectivity index (χ0v) is 15.4. The normalized spacial score (nSPS) is 14.8. The Labute approximate surface area is 152 Å². The van der Waals surface area contributed by atoms with E-state index in [1.165, 1.54) is 49.4 Å². The smallest absolute Gasteiger partial charge is 0.263 e. The zero-order valence-electron chi connectivity index (χ0n) is 14.6. The molecular formula is C19H24FN3OS. The van der Waals surface area contributed by atoms with Crippen molar-refractivity contribution in [2.45, 2.75) is 32.6 Å². The molecule has 1 N–H and O–H groups in total. The molecule has 1 saturated heterocycles. The lowest BCUT2D eigenvalue weighted by molar-refractivity contribution is 0.0957. The lowest BCUT2D eigenvalue weighted by atomic mass is 10.1. The summed E-state index contributed by atoms with van der Waals surface area (Å²) >= 11 is 1.50. The second-order valence-electron chi connectivity index (χ2n) is 6.45. The molecule has 0 radical (unpaired) electrons. The minimum absolute atomic E-state index is 0.0652. The lowest BCUT2D eigenvalue weighted by Gasteiger charge is -2.12. The van der Waals surface area contributed by atoms with Crippen LogP contribution in [-0.4, -0.2) is 42.0 Å². The van der Waals surface area contributed by atoms with Crippen molar-refractivity contribution in [2.75, 3.05) is 26.2 Å². The topological polar surface area (TPSA) is 45.2 Å². The molecule has 1 fully saturated rings. The van der Waals surface area contributed by atoms with Gasteiger partial charge in [0.05, 0.1) is 10.7 Å². The fourth-order valence-corrected chi connectivity index (χ4v) is 4.05. The largest absolute Gasteiger partial charge is 0.351 e. The van der Waals surface area contributed by atoms with Crippen molar-refractivity contribution in [1.29, 1.82) is 0 Å². The molecule has 0 spiro atoms. The van der Waals surface area contributed by atoms with Gasteiger partial charge in [0.2, 0.25) is 0 Å². The number of amides is 1. The van der Waals surface area contributed by atoms with Crippen LogP contribution in [0.25, 0.3) is 0 Å². The minimum Gasteiger partial charge on any atom is -0.351 e. The number of carbonyl (C=O) groups is 1. The zero-order chi connectivity index (χ0) is 17.6. The Balaban J connectivity index is 1.48. The maximum absolute atomic E-state index is 12.9. The number of hydrogen-bond acceptors (Lipinski definition) is 4. The molecule has 6 heteroatoms. The molecule has 1 amide bonds. The molecule has 0 atom stereocenters. The van der Waals surface area contributed by atoms with Gasteiger partial charge in [-0.05, 0) is 57.0 Å². The van der Waals surface area contributed by atoms with Crippen LogP contribution in [0.5, 0.6) is 0 Å². The Hall–Kier alpha value is -1.79. The van der Waals surface area contributed by atoms with Crippen LogP contribution in [0.3, 0.4) is 0 Å². The van der Waals surface area contributed by atoms with E-state index in [0.717, 1.165) is 29.2 Å². The van der Waals surface area contributed by atoms with Gasteiger partial charge in [-0.15, -0.1) is 11.3 Å². The maximum atomic E-state index is 12.9. The minimum atomic E-state index is -0.241. The van der Waals surface area contributed by atoms with Gasteiger partial charge in [0.25, 0.3) is 5.91 Å². The van der Waals surface area contributed by atoms with E-state index in [0.29, 0.717) is 17.8 Å². The molecule has 134 valence electrons. The third-order valence-electron chi connectivity index (χ3n) is 4.50. The van der Waals surface area contributed by atoms with Gasteiger partial charge in [0.15, 0.2) is 0 Å². The summed E-state index contributed by atoms with van der Waals surface area (Å²) in [5.41, 5.74) is 1.81. The van der Waals surface area contributed by atoms with Gasteiger partial charge >= 0.3 is 0 Å². The molecule has 25 heavy (non-hydrogen) atoms. The highest BCUT2D eigenvalue weighted by molar-refractivity contribution is 7.13. The molecule has 0 unspecified atom stereocenters. The van der Waals surface area contributed by atoms with Crippen LogP contribution in [0.1, 0.15) is 38.8 Å². The van der Waals surface area contributed by atoms with Gasteiger partial charge in [0, 0.05) is 19.5 Å². The number of nitrogens with zero attached hydrogens (tertiary/aromatic N) is 2. The quantitative estimate of drug-likeness (QED) is 0.824. The molecule has 1 aliphatic rings. The Bertz CT molecular complexity index is 708. The van der Waals surface area contributed by atoms with Gasteiger partial charge in [-0.25, -0.2) is 9.37 Å². The molecule has 0 saturated carbocycles. The van der Waals surface area contributed by atoms with Gasteiger partial charge in [-0.1, -0.05) is 12.1 Å². The highest BCUT2D eigenvalue weighted by atomic mass is 32.1. The highest BCUT2D eigenvalue weighted by Crippen LogP contribution is 2.19. The molecule has 1 aromatic heterocycles. The molecule has 2 aromatic rings. The highest BCUT2D eigenvalue weighted by Gasteiger charge is 2.16. The second-order valence-corrected chi connectivity index (χ2v) is 7.54. The van der Waals surface area contributed by atoms with Crippen molar-refractivity contribution >= 4 is 17.2 Å². The monoisotopic (exact) mass is 361 g/mol. The number of nitrogens with one attached hydrogen (secondary N) is 1. The number of likely N-dealkylation sites (tertiary alicyclic amines) is 1. The molecule has 4 nitrogen and oxygen atoms in total. The summed E-state index contributed by atoms with van der Waals surface area (Å²) in [7, 11) is 0. The lowest BCUT2D eigenvalue weighted by Crippen LogP contribution is -2.25. The van der Waals surface area contributed by atoms with Crippen molar-refractivity contribution in [2.24, 2.45) is 0 Å². The van der Waals surface area contributed by atoms with Gasteiger partial charge < -0.3 is 10.2 Å². The Morgan fingerprint density at radius 1 is 1.24 bits per heavy atom. The number of rotatable bonds is 7. The number of carbonyl (C=O) groups excluding carboxylic acids is 1. The second kappa shape index (κ2) is 8.54. The van der Waals surface area contributed by atoms with E-state index in [2.05, 4.69) is 15.2 Å². The molecule has 1 aliphatic heterocycles. The summed E-state index contributed by atoms with van der Waals surface area (Å²) in [5.74, 6) is -0.306. The van der Waals surface area contributed by atoms with Crippen molar-refractivity contribution < 1.29 is 9.18 Å². The maximum Gasteiger partial charge on any atom is 0.263 e. The van der Waals surface area contributed by atoms with Gasteiger partial charge in [-0.3, -0.25) is 4.79 Å². The molecule has 0 aliphatic carbocycles. The SMILES string of the molecule is Cc1nc(CCN2CCCC2)sc1C(=O)NCCc1ccc(F)cc1. The summed E-state index contributed by atoms with van der Waals surface area (Å²) in [6.07, 6.45) is 4.18. The summed E-state index contributed by atoms with van der Waals surface area (Å²) in [6.45, 7) is 5.82. The Morgan fingerprint density at radius 3 is 2.68 bits per heavy atom.